The maximum absolute atomic E-state index is 13.0. The van der Waals surface area contributed by atoms with Gasteiger partial charge in [0, 0.05) is 31.2 Å². The maximum atomic E-state index is 13.0. The van der Waals surface area contributed by atoms with Crippen molar-refractivity contribution in [3.8, 4) is 5.75 Å². The molecule has 2 aromatic carbocycles. The Balaban J connectivity index is 1.61. The summed E-state index contributed by atoms with van der Waals surface area (Å²) in [6.45, 7) is 5.50. The summed E-state index contributed by atoms with van der Waals surface area (Å²) in [5, 5.41) is 3.36. The third-order valence-electron chi connectivity index (χ3n) is 5.72. The summed E-state index contributed by atoms with van der Waals surface area (Å²) in [7, 11) is -2.02. The van der Waals surface area contributed by atoms with Crippen LogP contribution in [-0.2, 0) is 21.2 Å². The van der Waals surface area contributed by atoms with Gasteiger partial charge in [-0.05, 0) is 49.2 Å². The Hall–Kier alpha value is -2.13. The van der Waals surface area contributed by atoms with Crippen LogP contribution in [0.15, 0.2) is 47.4 Å². The molecule has 0 aromatic heterocycles. The van der Waals surface area contributed by atoms with E-state index in [1.54, 1.807) is 30.3 Å². The maximum Gasteiger partial charge on any atom is 0.243 e. The molecular weight excluding hydrogens is 450 g/mol. The molecule has 174 valence electrons. The van der Waals surface area contributed by atoms with Crippen LogP contribution in [-0.4, -0.2) is 62.9 Å². The lowest BCUT2D eigenvalue weighted by atomic mass is 10.1. The van der Waals surface area contributed by atoms with E-state index in [4.69, 9.17) is 16.3 Å². The average molecular weight is 480 g/mol. The van der Waals surface area contributed by atoms with E-state index in [9.17, 15) is 13.2 Å². The molecule has 0 saturated carbocycles. The van der Waals surface area contributed by atoms with Gasteiger partial charge in [0.15, 0.2) is 0 Å². The monoisotopic (exact) mass is 479 g/mol. The van der Waals surface area contributed by atoms with Gasteiger partial charge in [0.1, 0.15) is 5.75 Å². The van der Waals surface area contributed by atoms with Crippen LogP contribution in [0.2, 0.25) is 5.02 Å². The van der Waals surface area contributed by atoms with E-state index in [1.165, 1.54) is 11.4 Å². The Morgan fingerprint density at radius 3 is 2.38 bits per heavy atom. The zero-order valence-electron chi connectivity index (χ0n) is 18.7. The van der Waals surface area contributed by atoms with Crippen LogP contribution >= 0.6 is 11.6 Å². The second kappa shape index (κ2) is 10.7. The van der Waals surface area contributed by atoms with Gasteiger partial charge in [0.05, 0.1) is 23.7 Å². The summed E-state index contributed by atoms with van der Waals surface area (Å²) in [5.41, 5.74) is 1.64. The minimum absolute atomic E-state index is 0.201. The van der Waals surface area contributed by atoms with Crippen LogP contribution < -0.4 is 10.1 Å². The fourth-order valence-electron chi connectivity index (χ4n) is 3.78. The molecular formula is C23H30ClN3O4S. The third-order valence-corrected chi connectivity index (χ3v) is 7.87. The number of carbonyl (C=O) groups excluding carboxylic acids is 1. The van der Waals surface area contributed by atoms with Gasteiger partial charge in [0.25, 0.3) is 0 Å². The average Bonchev–Trinajstić information content (AvgIpc) is 2.79. The number of carbonyl (C=O) groups is 1. The molecule has 1 N–H and O–H groups in total. The van der Waals surface area contributed by atoms with E-state index in [0.29, 0.717) is 47.5 Å². The summed E-state index contributed by atoms with van der Waals surface area (Å²) in [5.74, 6) is 0.323. The van der Waals surface area contributed by atoms with Crippen molar-refractivity contribution >= 4 is 33.2 Å². The molecule has 0 aliphatic carbocycles. The summed E-state index contributed by atoms with van der Waals surface area (Å²) in [6.07, 6.45) is 1.95. The lowest BCUT2D eigenvalue weighted by Gasteiger charge is -2.36. The minimum atomic E-state index is -3.55. The highest BCUT2D eigenvalue weighted by Crippen LogP contribution is 2.28. The van der Waals surface area contributed by atoms with Gasteiger partial charge in [-0.2, -0.15) is 4.31 Å². The Bertz CT molecular complexity index is 1040. The number of sulfonamides is 1. The molecule has 0 radical (unpaired) electrons. The molecule has 1 aliphatic heterocycles. The zero-order chi connectivity index (χ0) is 23.3. The molecule has 1 saturated heterocycles. The molecule has 0 bridgehead atoms. The number of benzene rings is 2. The first-order valence-electron chi connectivity index (χ1n) is 10.7. The molecule has 0 unspecified atom stereocenters. The third kappa shape index (κ3) is 5.61. The molecule has 3 rings (SSSR count). The normalized spacial score (nSPS) is 16.5. The lowest BCUT2D eigenvalue weighted by molar-refractivity contribution is -0.121. The molecule has 1 atom stereocenters. The summed E-state index contributed by atoms with van der Waals surface area (Å²) in [6, 6.07) is 11.7. The highest BCUT2D eigenvalue weighted by molar-refractivity contribution is 7.89. The second-order valence-corrected chi connectivity index (χ2v) is 10.2. The van der Waals surface area contributed by atoms with Crippen molar-refractivity contribution in [3.05, 3.63) is 53.1 Å². The molecule has 1 aliphatic rings. The van der Waals surface area contributed by atoms with Gasteiger partial charge in [-0.1, -0.05) is 37.1 Å². The number of methoxy groups -OCH3 is 1. The first kappa shape index (κ1) is 24.5. The van der Waals surface area contributed by atoms with E-state index in [-0.39, 0.29) is 5.91 Å². The van der Waals surface area contributed by atoms with E-state index < -0.39 is 16.1 Å². The molecule has 32 heavy (non-hydrogen) atoms. The van der Waals surface area contributed by atoms with Crippen molar-refractivity contribution in [1.29, 1.82) is 0 Å². The molecule has 1 fully saturated rings. The van der Waals surface area contributed by atoms with Crippen LogP contribution in [0.5, 0.6) is 5.75 Å². The predicted molar refractivity (Wildman–Crippen MR) is 127 cm³/mol. The number of anilines is 1. The number of aryl methyl sites for hydroxylation is 1. The Morgan fingerprint density at radius 1 is 1.12 bits per heavy atom. The quantitative estimate of drug-likeness (QED) is 0.625. The van der Waals surface area contributed by atoms with E-state index in [2.05, 4.69) is 12.2 Å². The van der Waals surface area contributed by atoms with Crippen LogP contribution in [0, 0.1) is 0 Å². The van der Waals surface area contributed by atoms with Crippen LogP contribution in [0.25, 0.3) is 0 Å². The smallest absolute Gasteiger partial charge is 0.243 e. The molecule has 7 nitrogen and oxygen atoms in total. The van der Waals surface area contributed by atoms with Crippen LogP contribution in [0.4, 0.5) is 5.69 Å². The SMILES string of the molecule is CCCc1ccc(S(=O)(=O)N2CCN([C@@H](C)C(=O)Nc3cc(Cl)ccc3OC)CC2)cc1. The largest absolute Gasteiger partial charge is 0.495 e. The zero-order valence-corrected chi connectivity index (χ0v) is 20.2. The number of nitrogens with zero attached hydrogens (tertiary/aromatic N) is 2. The van der Waals surface area contributed by atoms with Crippen LogP contribution in [0.3, 0.4) is 0 Å². The highest BCUT2D eigenvalue weighted by Gasteiger charge is 2.32. The first-order valence-corrected chi connectivity index (χ1v) is 12.6. The molecule has 1 heterocycles. The van der Waals surface area contributed by atoms with E-state index in [0.717, 1.165) is 18.4 Å². The topological polar surface area (TPSA) is 79.0 Å². The van der Waals surface area contributed by atoms with Gasteiger partial charge < -0.3 is 10.1 Å². The van der Waals surface area contributed by atoms with E-state index in [1.807, 2.05) is 24.0 Å². The molecule has 0 spiro atoms. The van der Waals surface area contributed by atoms with Gasteiger partial charge in [0.2, 0.25) is 15.9 Å². The van der Waals surface area contributed by atoms with Crippen molar-refractivity contribution in [2.45, 2.75) is 37.6 Å². The van der Waals surface area contributed by atoms with Gasteiger partial charge >= 0.3 is 0 Å². The van der Waals surface area contributed by atoms with Gasteiger partial charge in [-0.3, -0.25) is 9.69 Å². The number of piperazine rings is 1. The molecule has 2 aromatic rings. The number of halogens is 1. The number of rotatable bonds is 8. The van der Waals surface area contributed by atoms with Crippen molar-refractivity contribution in [2.24, 2.45) is 0 Å². The van der Waals surface area contributed by atoms with Crippen molar-refractivity contribution in [1.82, 2.24) is 9.21 Å². The van der Waals surface area contributed by atoms with Crippen molar-refractivity contribution in [3.63, 3.8) is 0 Å². The number of hydrogen-bond acceptors (Lipinski definition) is 5. The van der Waals surface area contributed by atoms with Gasteiger partial charge in [-0.15, -0.1) is 0 Å². The number of amides is 1. The standard InChI is InChI=1S/C23H30ClN3O4S/c1-4-5-18-6-9-20(10-7-18)32(29,30)27-14-12-26(13-15-27)17(2)23(28)25-21-16-19(24)8-11-22(21)31-3/h6-11,16-17H,4-5,12-15H2,1-3H3,(H,25,28)/t17-/m0/s1. The fraction of sp³-hybridized carbons (Fsp3) is 0.435. The highest BCUT2D eigenvalue weighted by atomic mass is 35.5. The Morgan fingerprint density at radius 2 is 1.78 bits per heavy atom. The number of ether oxygens (including phenoxy) is 1. The molecule has 1 amide bonds. The number of nitrogens with one attached hydrogen (secondary N) is 1. The Kier molecular flexibility index (Phi) is 8.16. The summed E-state index contributed by atoms with van der Waals surface area (Å²) < 4.78 is 32.8. The van der Waals surface area contributed by atoms with Crippen molar-refractivity contribution in [2.75, 3.05) is 38.6 Å². The summed E-state index contributed by atoms with van der Waals surface area (Å²) in [4.78, 5) is 15.1. The van der Waals surface area contributed by atoms with E-state index >= 15 is 0 Å². The lowest BCUT2D eigenvalue weighted by Crippen LogP contribution is -2.53. The fourth-order valence-corrected chi connectivity index (χ4v) is 5.37. The van der Waals surface area contributed by atoms with Gasteiger partial charge in [-0.25, -0.2) is 8.42 Å². The Labute approximate surface area is 195 Å². The predicted octanol–water partition coefficient (Wildman–Crippen LogP) is 3.63. The first-order chi connectivity index (χ1) is 15.3. The molecule has 9 heteroatoms. The van der Waals surface area contributed by atoms with Crippen LogP contribution in [0.1, 0.15) is 25.8 Å². The second-order valence-electron chi connectivity index (χ2n) is 7.84. The number of hydrogen-bond donors (Lipinski definition) is 1. The van der Waals surface area contributed by atoms with Crippen molar-refractivity contribution < 1.29 is 17.9 Å². The minimum Gasteiger partial charge on any atom is -0.495 e. The summed E-state index contributed by atoms with van der Waals surface area (Å²) >= 11 is 6.04.